The molecule has 34 heavy (non-hydrogen) atoms. The zero-order chi connectivity index (χ0) is 23.7. The first-order valence-electron chi connectivity index (χ1n) is 10.5. The van der Waals surface area contributed by atoms with Crippen molar-refractivity contribution in [2.24, 2.45) is 0 Å². The van der Waals surface area contributed by atoms with Gasteiger partial charge in [-0.15, -0.1) is 0 Å². The van der Waals surface area contributed by atoms with Crippen molar-refractivity contribution < 1.29 is 9.53 Å². The molecule has 0 unspecified atom stereocenters. The van der Waals surface area contributed by atoms with E-state index in [1.54, 1.807) is 6.07 Å². The van der Waals surface area contributed by atoms with Crippen molar-refractivity contribution in [3.05, 3.63) is 99.0 Å². The Morgan fingerprint density at radius 3 is 2.62 bits per heavy atom. The fraction of sp³-hybridized carbons (Fsp3) is 0.0769. The van der Waals surface area contributed by atoms with Crippen molar-refractivity contribution >= 4 is 84.4 Å². The molecule has 0 spiro atoms. The number of rotatable bonds is 6. The molecule has 1 aliphatic rings. The SMILES string of the molecule is O=C1/C(=C/c2cn(CCOc3ccccc3)c3ccccc23)SC(=S)N1c1ccc(Br)c(Cl)c1. The Kier molecular flexibility index (Phi) is 6.79. The Balaban J connectivity index is 1.42. The molecular weight excluding hydrogens is 552 g/mol. The Morgan fingerprint density at radius 1 is 1.06 bits per heavy atom. The van der Waals surface area contributed by atoms with Gasteiger partial charge in [0.05, 0.1) is 22.2 Å². The van der Waals surface area contributed by atoms with Gasteiger partial charge in [-0.1, -0.05) is 72.0 Å². The highest BCUT2D eigenvalue weighted by Crippen LogP contribution is 2.38. The standard InChI is InChI=1S/C26H18BrClN2O2S2/c27-21-11-10-18(15-22(21)28)30-25(31)24(34-26(30)33)14-17-16-29(23-9-5-4-8-20(17)23)12-13-32-19-6-2-1-3-7-19/h1-11,14-16H,12-13H2/b24-14-. The number of thioether (sulfide) groups is 1. The molecule has 1 amide bonds. The van der Waals surface area contributed by atoms with Crippen LogP contribution in [0.25, 0.3) is 17.0 Å². The van der Waals surface area contributed by atoms with Crippen LogP contribution in [0.1, 0.15) is 5.56 Å². The van der Waals surface area contributed by atoms with Gasteiger partial charge < -0.3 is 9.30 Å². The number of hydrogen-bond acceptors (Lipinski definition) is 4. The molecule has 4 nitrogen and oxygen atoms in total. The van der Waals surface area contributed by atoms with E-state index in [4.69, 9.17) is 28.6 Å². The number of ether oxygens (including phenoxy) is 1. The van der Waals surface area contributed by atoms with Crippen molar-refractivity contribution in [2.75, 3.05) is 11.5 Å². The number of carbonyl (C=O) groups excluding carboxylic acids is 1. The lowest BCUT2D eigenvalue weighted by Crippen LogP contribution is -2.27. The number of thiocarbonyl (C=S) groups is 1. The quantitative estimate of drug-likeness (QED) is 0.177. The molecule has 1 aliphatic heterocycles. The minimum Gasteiger partial charge on any atom is -0.492 e. The maximum atomic E-state index is 13.3. The first-order valence-corrected chi connectivity index (χ1v) is 12.9. The number of halogens is 2. The summed E-state index contributed by atoms with van der Waals surface area (Å²) in [5, 5.41) is 1.59. The summed E-state index contributed by atoms with van der Waals surface area (Å²) < 4.78 is 9.28. The van der Waals surface area contributed by atoms with Crippen LogP contribution in [-0.4, -0.2) is 21.4 Å². The van der Waals surface area contributed by atoms with Crippen molar-refractivity contribution in [3.63, 3.8) is 0 Å². The van der Waals surface area contributed by atoms with Crippen LogP contribution in [0.3, 0.4) is 0 Å². The molecule has 0 atom stereocenters. The highest BCUT2D eigenvalue weighted by molar-refractivity contribution is 9.10. The third-order valence-electron chi connectivity index (χ3n) is 5.41. The largest absolute Gasteiger partial charge is 0.492 e. The fourth-order valence-electron chi connectivity index (χ4n) is 3.81. The first-order chi connectivity index (χ1) is 16.5. The Bertz CT molecular complexity index is 1440. The molecule has 0 bridgehead atoms. The lowest BCUT2D eigenvalue weighted by molar-refractivity contribution is -0.113. The smallest absolute Gasteiger partial charge is 0.270 e. The highest BCUT2D eigenvalue weighted by atomic mass is 79.9. The van der Waals surface area contributed by atoms with Crippen molar-refractivity contribution in [1.29, 1.82) is 0 Å². The second-order valence-corrected chi connectivity index (χ2v) is 10.5. The van der Waals surface area contributed by atoms with Crippen LogP contribution in [0.2, 0.25) is 5.02 Å². The van der Waals surface area contributed by atoms with E-state index in [1.165, 1.54) is 16.7 Å². The molecule has 1 fully saturated rings. The topological polar surface area (TPSA) is 34.5 Å². The van der Waals surface area contributed by atoms with E-state index < -0.39 is 0 Å². The highest BCUT2D eigenvalue weighted by Gasteiger charge is 2.33. The van der Waals surface area contributed by atoms with Gasteiger partial charge in [-0.3, -0.25) is 9.69 Å². The van der Waals surface area contributed by atoms with Gasteiger partial charge in [0, 0.05) is 27.1 Å². The minimum atomic E-state index is -0.155. The number of benzene rings is 3. The summed E-state index contributed by atoms with van der Waals surface area (Å²) in [5.41, 5.74) is 2.70. The third kappa shape index (κ3) is 4.66. The molecule has 0 radical (unpaired) electrons. The summed E-state index contributed by atoms with van der Waals surface area (Å²) in [4.78, 5) is 15.4. The number of para-hydroxylation sites is 2. The molecule has 4 aromatic rings. The van der Waals surface area contributed by atoms with E-state index in [1.807, 2.05) is 60.7 Å². The van der Waals surface area contributed by atoms with Crippen molar-refractivity contribution in [1.82, 2.24) is 4.57 Å². The van der Waals surface area contributed by atoms with E-state index >= 15 is 0 Å². The molecule has 1 saturated heterocycles. The van der Waals surface area contributed by atoms with Gasteiger partial charge in [-0.05, 0) is 58.4 Å². The zero-order valence-corrected chi connectivity index (χ0v) is 21.8. The molecule has 3 aromatic carbocycles. The summed E-state index contributed by atoms with van der Waals surface area (Å²) in [5.74, 6) is 0.688. The first kappa shape index (κ1) is 23.2. The van der Waals surface area contributed by atoms with Gasteiger partial charge in [0.15, 0.2) is 4.32 Å². The Hall–Kier alpha value is -2.58. The summed E-state index contributed by atoms with van der Waals surface area (Å²) >= 11 is 16.4. The Labute approximate surface area is 220 Å². The number of amides is 1. The molecule has 8 heteroatoms. The molecule has 1 aromatic heterocycles. The molecule has 0 N–H and O–H groups in total. The lowest BCUT2D eigenvalue weighted by atomic mass is 10.1. The summed E-state index contributed by atoms with van der Waals surface area (Å²) in [6.07, 6.45) is 3.97. The van der Waals surface area contributed by atoms with Crippen LogP contribution in [-0.2, 0) is 11.3 Å². The molecule has 0 saturated carbocycles. The van der Waals surface area contributed by atoms with Crippen molar-refractivity contribution in [2.45, 2.75) is 6.54 Å². The average Bonchev–Trinajstić information content (AvgIpc) is 3.33. The van der Waals surface area contributed by atoms with Gasteiger partial charge in [0.2, 0.25) is 0 Å². The summed E-state index contributed by atoms with van der Waals surface area (Å²) in [6, 6.07) is 23.3. The van der Waals surface area contributed by atoms with Crippen molar-refractivity contribution in [3.8, 4) is 5.75 Å². The van der Waals surface area contributed by atoms with Gasteiger partial charge in [0.25, 0.3) is 5.91 Å². The predicted molar refractivity (Wildman–Crippen MR) is 149 cm³/mol. The Morgan fingerprint density at radius 2 is 1.82 bits per heavy atom. The lowest BCUT2D eigenvalue weighted by Gasteiger charge is -2.15. The molecular formula is C26H18BrClN2O2S2. The van der Waals surface area contributed by atoms with Crippen LogP contribution in [0, 0.1) is 0 Å². The molecule has 2 heterocycles. The third-order valence-corrected chi connectivity index (χ3v) is 7.94. The van der Waals surface area contributed by atoms with Crippen LogP contribution in [0.5, 0.6) is 5.75 Å². The van der Waals surface area contributed by atoms with Crippen LogP contribution < -0.4 is 9.64 Å². The van der Waals surface area contributed by atoms with Crippen LogP contribution in [0.15, 0.2) is 88.4 Å². The number of aromatic nitrogens is 1. The summed E-state index contributed by atoms with van der Waals surface area (Å²) in [6.45, 7) is 1.22. The second-order valence-electron chi connectivity index (χ2n) is 7.57. The number of fused-ring (bicyclic) bond motifs is 1. The van der Waals surface area contributed by atoms with Gasteiger partial charge in [0.1, 0.15) is 12.4 Å². The fourth-order valence-corrected chi connectivity index (χ4v) is 5.52. The molecule has 0 aliphatic carbocycles. The number of carbonyl (C=O) groups is 1. The predicted octanol–water partition coefficient (Wildman–Crippen LogP) is 7.54. The van der Waals surface area contributed by atoms with E-state index in [2.05, 4.69) is 38.8 Å². The normalized spacial score (nSPS) is 15.0. The van der Waals surface area contributed by atoms with Crippen LogP contribution in [0.4, 0.5) is 5.69 Å². The maximum Gasteiger partial charge on any atom is 0.270 e. The molecule has 5 rings (SSSR count). The maximum absolute atomic E-state index is 13.3. The number of anilines is 1. The van der Waals surface area contributed by atoms with Crippen LogP contribution >= 0.6 is 51.5 Å². The number of hydrogen-bond donors (Lipinski definition) is 0. The second kappa shape index (κ2) is 9.96. The zero-order valence-electron chi connectivity index (χ0n) is 17.8. The van der Waals surface area contributed by atoms with E-state index in [-0.39, 0.29) is 5.91 Å². The monoisotopic (exact) mass is 568 g/mol. The molecule has 170 valence electrons. The number of nitrogens with zero attached hydrogens (tertiary/aromatic N) is 2. The average molecular weight is 570 g/mol. The minimum absolute atomic E-state index is 0.155. The van der Waals surface area contributed by atoms with Gasteiger partial charge >= 0.3 is 0 Å². The van der Waals surface area contributed by atoms with Gasteiger partial charge in [-0.25, -0.2) is 0 Å². The van der Waals surface area contributed by atoms with Gasteiger partial charge in [-0.2, -0.15) is 0 Å². The van der Waals surface area contributed by atoms with E-state index in [0.29, 0.717) is 33.1 Å². The van der Waals surface area contributed by atoms with E-state index in [0.717, 1.165) is 26.7 Å². The summed E-state index contributed by atoms with van der Waals surface area (Å²) in [7, 11) is 0. The van der Waals surface area contributed by atoms with E-state index in [9.17, 15) is 4.79 Å².